The lowest BCUT2D eigenvalue weighted by atomic mass is 9.34. The molecule has 2 heterocycles. The first-order valence-electron chi connectivity index (χ1n) is 19.0. The van der Waals surface area contributed by atoms with Crippen molar-refractivity contribution in [3.63, 3.8) is 0 Å². The van der Waals surface area contributed by atoms with Gasteiger partial charge in [-0.1, -0.05) is 78.1 Å². The zero-order valence-electron chi connectivity index (χ0n) is 30.6. The number of nitrogen functional groups attached to an aromatic ring is 1. The molecule has 48 heavy (non-hydrogen) atoms. The number of tetrazole rings is 1. The summed E-state index contributed by atoms with van der Waals surface area (Å²) in [5.74, 6) is 0.549. The van der Waals surface area contributed by atoms with E-state index in [9.17, 15) is 9.90 Å². The highest BCUT2D eigenvalue weighted by atomic mass is 16.5. The third-order valence-corrected chi connectivity index (χ3v) is 16.3. The molecule has 1 aromatic rings. The normalized spacial score (nSPS) is 45.5. The smallest absolute Gasteiger partial charge is 0.307 e. The molecule has 5 fully saturated rings. The van der Waals surface area contributed by atoms with Crippen LogP contribution < -0.4 is 11.5 Å². The number of carboxylic acid groups (broad SMARTS) is 1. The maximum atomic E-state index is 13.4. The van der Waals surface area contributed by atoms with Crippen LogP contribution in [0.4, 0.5) is 5.95 Å². The Kier molecular flexibility index (Phi) is 8.24. The summed E-state index contributed by atoms with van der Waals surface area (Å²) in [5.41, 5.74) is 13.0. The SMILES string of the molecule is CC(C)[C@@H](C)[C@@]1(C)CC[C@]2(C)[C@H]3CC[C@@H]4[C@@]5(COC[C@]4(C)[C@@H](OCCC4(N)CCCC4)[C@H](n4nnc(N)n4)C5)C3=CC[C@@]2(C)[C@@H]1C(=O)O. The summed E-state index contributed by atoms with van der Waals surface area (Å²) in [6, 6.07) is -0.147. The standard InChI is InChI=1S/C38H62N6O4/c1-23(2)24(3)33(4)16-17-35(6)25-10-11-28-34(5)21-47-22-38(28,26(25)12-15-36(35,7)29(33)31(45)46)20-27(44-42-32(39)41-43-44)30(34)48-19-18-37(40)13-8-9-14-37/h12,23-25,27-30H,8-11,13-22,40H2,1-7H3,(H2,39,42)(H,45,46)/t24-,25+,27-,28+,29-,30+,33-,34+,35-,36+,38+/m1/s1. The van der Waals surface area contributed by atoms with E-state index in [0.29, 0.717) is 43.5 Å². The van der Waals surface area contributed by atoms with Crippen LogP contribution in [-0.4, -0.2) is 62.7 Å². The van der Waals surface area contributed by atoms with Gasteiger partial charge in [0.2, 0.25) is 0 Å². The van der Waals surface area contributed by atoms with E-state index in [2.05, 4.69) is 70.0 Å². The molecule has 0 radical (unpaired) electrons. The van der Waals surface area contributed by atoms with E-state index in [1.807, 2.05) is 0 Å². The Morgan fingerprint density at radius 3 is 2.46 bits per heavy atom. The number of nitrogens with zero attached hydrogens (tertiary/aromatic N) is 4. The first-order valence-corrected chi connectivity index (χ1v) is 19.0. The topological polar surface area (TPSA) is 151 Å². The number of fused-ring (bicyclic) bond motifs is 3. The number of aromatic nitrogens is 4. The molecule has 0 amide bonds. The summed E-state index contributed by atoms with van der Waals surface area (Å²) in [5, 5.41) is 24.2. The lowest BCUT2D eigenvalue weighted by molar-refractivity contribution is -0.251. The molecule has 1 aliphatic heterocycles. The molecule has 11 atom stereocenters. The van der Waals surface area contributed by atoms with Gasteiger partial charge in [0.1, 0.15) is 6.04 Å². The summed E-state index contributed by atoms with van der Waals surface area (Å²) in [7, 11) is 0. The second-order valence-electron chi connectivity index (χ2n) is 18.7. The van der Waals surface area contributed by atoms with Gasteiger partial charge in [0.05, 0.1) is 25.2 Å². The number of carbonyl (C=O) groups is 1. The summed E-state index contributed by atoms with van der Waals surface area (Å²) in [6.45, 7) is 18.1. The van der Waals surface area contributed by atoms with Gasteiger partial charge < -0.3 is 26.0 Å². The number of rotatable bonds is 8. The van der Waals surface area contributed by atoms with Crippen LogP contribution in [-0.2, 0) is 14.3 Å². The maximum absolute atomic E-state index is 13.4. The zero-order valence-corrected chi connectivity index (χ0v) is 30.6. The largest absolute Gasteiger partial charge is 0.481 e. The van der Waals surface area contributed by atoms with E-state index < -0.39 is 11.9 Å². The van der Waals surface area contributed by atoms with Crippen molar-refractivity contribution in [1.29, 1.82) is 0 Å². The molecule has 6 aliphatic rings. The fourth-order valence-corrected chi connectivity index (χ4v) is 13.2. The number of allylic oxidation sites excluding steroid dienone is 1. The minimum atomic E-state index is -0.625. The van der Waals surface area contributed by atoms with Crippen LogP contribution in [0.15, 0.2) is 11.6 Å². The van der Waals surface area contributed by atoms with E-state index in [4.69, 9.17) is 20.9 Å². The van der Waals surface area contributed by atoms with Gasteiger partial charge in [0, 0.05) is 23.0 Å². The number of anilines is 1. The predicted octanol–water partition coefficient (Wildman–Crippen LogP) is 6.43. The molecule has 4 saturated carbocycles. The number of hydrogen-bond donors (Lipinski definition) is 3. The van der Waals surface area contributed by atoms with Crippen molar-refractivity contribution in [2.24, 2.45) is 62.4 Å². The molecule has 5 aliphatic carbocycles. The minimum absolute atomic E-state index is 0.139. The first kappa shape index (κ1) is 34.4. The van der Waals surface area contributed by atoms with Crippen molar-refractivity contribution >= 4 is 11.9 Å². The van der Waals surface area contributed by atoms with Gasteiger partial charge in [-0.3, -0.25) is 4.79 Å². The Hall–Kier alpha value is -2.04. The van der Waals surface area contributed by atoms with Crippen LogP contribution in [0, 0.1) is 56.7 Å². The Bertz CT molecular complexity index is 1440. The average molecular weight is 667 g/mol. The van der Waals surface area contributed by atoms with Crippen molar-refractivity contribution in [3.8, 4) is 0 Å². The average Bonchev–Trinajstić information content (AvgIpc) is 3.66. The molecule has 7 rings (SSSR count). The third kappa shape index (κ3) is 4.73. The van der Waals surface area contributed by atoms with Gasteiger partial charge in [0.15, 0.2) is 0 Å². The van der Waals surface area contributed by atoms with Crippen molar-refractivity contribution in [1.82, 2.24) is 20.2 Å². The molecular weight excluding hydrogens is 604 g/mol. The highest BCUT2D eigenvalue weighted by Gasteiger charge is 2.72. The number of aliphatic carboxylic acids is 1. The van der Waals surface area contributed by atoms with Crippen LogP contribution in [0.3, 0.4) is 0 Å². The van der Waals surface area contributed by atoms with Gasteiger partial charge in [-0.05, 0) is 103 Å². The molecule has 10 nitrogen and oxygen atoms in total. The maximum Gasteiger partial charge on any atom is 0.307 e. The molecule has 10 heteroatoms. The minimum Gasteiger partial charge on any atom is -0.481 e. The summed E-state index contributed by atoms with van der Waals surface area (Å²) in [6.07, 6.45) is 13.4. The molecule has 0 unspecified atom stereocenters. The molecule has 1 saturated heterocycles. The number of nitrogens with two attached hydrogens (primary N) is 2. The van der Waals surface area contributed by atoms with Gasteiger partial charge in [-0.2, -0.15) is 4.80 Å². The van der Waals surface area contributed by atoms with Crippen molar-refractivity contribution in [2.45, 2.75) is 137 Å². The van der Waals surface area contributed by atoms with Gasteiger partial charge in [-0.15, -0.1) is 5.10 Å². The van der Waals surface area contributed by atoms with E-state index in [1.165, 1.54) is 18.4 Å². The third-order valence-electron chi connectivity index (χ3n) is 16.3. The van der Waals surface area contributed by atoms with E-state index >= 15 is 0 Å². The quantitative estimate of drug-likeness (QED) is 0.267. The number of hydrogen-bond acceptors (Lipinski definition) is 8. The van der Waals surface area contributed by atoms with Crippen LogP contribution in [0.5, 0.6) is 0 Å². The molecular formula is C38H62N6O4. The highest BCUT2D eigenvalue weighted by molar-refractivity contribution is 5.73. The Labute approximate surface area is 287 Å². The van der Waals surface area contributed by atoms with Crippen LogP contribution in [0.1, 0.15) is 125 Å². The lowest BCUT2D eigenvalue weighted by Crippen LogP contribution is -2.69. The monoisotopic (exact) mass is 666 g/mol. The molecule has 268 valence electrons. The molecule has 0 aromatic carbocycles. The molecule has 0 spiro atoms. The number of carboxylic acids is 1. The van der Waals surface area contributed by atoms with Crippen molar-refractivity contribution < 1.29 is 19.4 Å². The molecule has 1 aromatic heterocycles. The molecule has 2 bridgehead atoms. The summed E-state index contributed by atoms with van der Waals surface area (Å²) < 4.78 is 13.7. The van der Waals surface area contributed by atoms with Crippen LogP contribution in [0.25, 0.3) is 0 Å². The Morgan fingerprint density at radius 2 is 1.81 bits per heavy atom. The highest BCUT2D eigenvalue weighted by Crippen LogP contribution is 2.75. The van der Waals surface area contributed by atoms with Gasteiger partial charge >= 0.3 is 5.97 Å². The van der Waals surface area contributed by atoms with Crippen LogP contribution >= 0.6 is 0 Å². The second kappa shape index (κ2) is 11.5. The fourth-order valence-electron chi connectivity index (χ4n) is 13.2. The summed E-state index contributed by atoms with van der Waals surface area (Å²) in [4.78, 5) is 15.2. The van der Waals surface area contributed by atoms with Gasteiger partial charge in [0.25, 0.3) is 5.95 Å². The predicted molar refractivity (Wildman–Crippen MR) is 185 cm³/mol. The van der Waals surface area contributed by atoms with E-state index in [0.717, 1.165) is 57.8 Å². The van der Waals surface area contributed by atoms with E-state index in [1.54, 1.807) is 4.80 Å². The lowest BCUT2D eigenvalue weighted by Gasteiger charge is -2.71. The number of ether oxygens (including phenoxy) is 2. The van der Waals surface area contributed by atoms with Gasteiger partial charge in [-0.25, -0.2) is 0 Å². The first-order chi connectivity index (χ1) is 22.5. The van der Waals surface area contributed by atoms with Crippen molar-refractivity contribution in [3.05, 3.63) is 11.6 Å². The Balaban J connectivity index is 1.28. The van der Waals surface area contributed by atoms with Crippen LogP contribution in [0.2, 0.25) is 0 Å². The zero-order chi connectivity index (χ0) is 34.5. The Morgan fingerprint density at radius 1 is 1.08 bits per heavy atom. The summed E-state index contributed by atoms with van der Waals surface area (Å²) >= 11 is 0. The van der Waals surface area contributed by atoms with E-state index in [-0.39, 0.29) is 50.7 Å². The van der Waals surface area contributed by atoms with Crippen molar-refractivity contribution in [2.75, 3.05) is 25.6 Å². The molecule has 5 N–H and O–H groups in total. The fraction of sp³-hybridized carbons (Fsp3) is 0.895. The second-order valence-corrected chi connectivity index (χ2v) is 18.7.